The van der Waals surface area contributed by atoms with Crippen LogP contribution in [-0.4, -0.2) is 53.2 Å². The zero-order valence-electron chi connectivity index (χ0n) is 17.5. The number of benzene rings is 2. The molecule has 0 unspecified atom stereocenters. The first-order valence-corrected chi connectivity index (χ1v) is 10.4. The van der Waals surface area contributed by atoms with Gasteiger partial charge in [-0.05, 0) is 36.6 Å². The van der Waals surface area contributed by atoms with Crippen molar-refractivity contribution < 1.29 is 14.3 Å². The summed E-state index contributed by atoms with van der Waals surface area (Å²) in [6, 6.07) is 19.1. The zero-order valence-corrected chi connectivity index (χ0v) is 17.5. The first-order chi connectivity index (χ1) is 15.1. The van der Waals surface area contributed by atoms with E-state index >= 15 is 0 Å². The van der Waals surface area contributed by atoms with Crippen LogP contribution in [0.25, 0.3) is 11.3 Å². The van der Waals surface area contributed by atoms with Crippen LogP contribution in [0.15, 0.2) is 60.7 Å². The number of ether oxygens (including phenoxy) is 1. The van der Waals surface area contributed by atoms with Crippen molar-refractivity contribution in [3.05, 3.63) is 71.9 Å². The molecule has 2 amide bonds. The average molecular weight is 418 g/mol. The number of nitrogens with zero attached hydrogens (tertiary/aromatic N) is 2. The minimum Gasteiger partial charge on any atom is -0.497 e. The maximum absolute atomic E-state index is 12.8. The average Bonchev–Trinajstić information content (AvgIpc) is 3.30. The summed E-state index contributed by atoms with van der Waals surface area (Å²) >= 11 is 0. The van der Waals surface area contributed by atoms with Crippen LogP contribution >= 0.6 is 0 Å². The van der Waals surface area contributed by atoms with Crippen LogP contribution in [0.3, 0.4) is 0 Å². The molecule has 1 aliphatic rings. The third-order valence-corrected chi connectivity index (χ3v) is 5.52. The second kappa shape index (κ2) is 9.47. The smallest absolute Gasteiger partial charge is 0.271 e. The van der Waals surface area contributed by atoms with Crippen molar-refractivity contribution in [2.75, 3.05) is 20.2 Å². The number of likely N-dealkylation sites (tertiary alicyclic amines) is 1. The van der Waals surface area contributed by atoms with Crippen LogP contribution in [0.4, 0.5) is 0 Å². The Morgan fingerprint density at radius 1 is 1.10 bits per heavy atom. The standard InChI is InChI=1S/C24H26N4O3/c1-31-20-9-5-6-17(14-20)15-23(29)25-19-10-12-28(13-11-19)24(30)22-16-21(26-27-22)18-7-3-2-4-8-18/h2-9,14,16,19H,10-13,15H2,1H3,(H,25,29)(H,26,27). The summed E-state index contributed by atoms with van der Waals surface area (Å²) in [4.78, 5) is 27.1. The molecule has 0 bridgehead atoms. The molecule has 0 saturated carbocycles. The van der Waals surface area contributed by atoms with Gasteiger partial charge >= 0.3 is 0 Å². The molecule has 1 saturated heterocycles. The quantitative estimate of drug-likeness (QED) is 0.644. The van der Waals surface area contributed by atoms with E-state index in [0.717, 1.165) is 35.4 Å². The van der Waals surface area contributed by atoms with Gasteiger partial charge in [0.1, 0.15) is 11.4 Å². The van der Waals surface area contributed by atoms with Crippen LogP contribution in [0, 0.1) is 0 Å². The van der Waals surface area contributed by atoms with Crippen molar-refractivity contribution >= 4 is 11.8 Å². The molecule has 31 heavy (non-hydrogen) atoms. The van der Waals surface area contributed by atoms with E-state index in [-0.39, 0.29) is 17.9 Å². The third-order valence-electron chi connectivity index (χ3n) is 5.52. The van der Waals surface area contributed by atoms with Crippen molar-refractivity contribution in [1.29, 1.82) is 0 Å². The molecule has 7 heteroatoms. The number of amides is 2. The fourth-order valence-electron chi connectivity index (χ4n) is 3.83. The molecule has 1 aromatic heterocycles. The molecule has 160 valence electrons. The van der Waals surface area contributed by atoms with Crippen molar-refractivity contribution in [3.63, 3.8) is 0 Å². The molecular formula is C24H26N4O3. The highest BCUT2D eigenvalue weighted by molar-refractivity contribution is 5.93. The summed E-state index contributed by atoms with van der Waals surface area (Å²) in [6.45, 7) is 1.20. The van der Waals surface area contributed by atoms with Crippen LogP contribution in [0.1, 0.15) is 28.9 Å². The van der Waals surface area contributed by atoms with Gasteiger partial charge in [-0.1, -0.05) is 42.5 Å². The zero-order chi connectivity index (χ0) is 21.6. The number of methoxy groups -OCH3 is 1. The predicted molar refractivity (Wildman–Crippen MR) is 118 cm³/mol. The lowest BCUT2D eigenvalue weighted by Crippen LogP contribution is -2.47. The van der Waals surface area contributed by atoms with Crippen molar-refractivity contribution in [2.45, 2.75) is 25.3 Å². The van der Waals surface area contributed by atoms with Gasteiger partial charge in [-0.2, -0.15) is 5.10 Å². The van der Waals surface area contributed by atoms with Crippen LogP contribution in [0.5, 0.6) is 5.75 Å². The number of hydrogen-bond acceptors (Lipinski definition) is 4. The number of carbonyl (C=O) groups excluding carboxylic acids is 2. The maximum atomic E-state index is 12.8. The molecule has 4 rings (SSSR count). The van der Waals surface area contributed by atoms with E-state index in [0.29, 0.717) is 25.2 Å². The van der Waals surface area contributed by atoms with Crippen molar-refractivity contribution in [3.8, 4) is 17.0 Å². The van der Waals surface area contributed by atoms with E-state index in [4.69, 9.17) is 4.74 Å². The summed E-state index contributed by atoms with van der Waals surface area (Å²) < 4.78 is 5.21. The number of aromatic amines is 1. The van der Waals surface area contributed by atoms with E-state index in [1.165, 1.54) is 0 Å². The van der Waals surface area contributed by atoms with E-state index in [1.807, 2.05) is 59.5 Å². The van der Waals surface area contributed by atoms with Crippen LogP contribution in [0.2, 0.25) is 0 Å². The molecule has 2 aromatic carbocycles. The summed E-state index contributed by atoms with van der Waals surface area (Å²) in [6.07, 6.45) is 1.78. The SMILES string of the molecule is COc1cccc(CC(=O)NC2CCN(C(=O)c3cc(-c4ccccc4)n[nH]3)CC2)c1. The van der Waals surface area contributed by atoms with Gasteiger partial charge in [0.2, 0.25) is 5.91 Å². The lowest BCUT2D eigenvalue weighted by molar-refractivity contribution is -0.121. The van der Waals surface area contributed by atoms with Gasteiger partial charge in [0.25, 0.3) is 5.91 Å². The molecule has 2 heterocycles. The maximum Gasteiger partial charge on any atom is 0.271 e. The Bertz CT molecular complexity index is 1040. The van der Waals surface area contributed by atoms with Gasteiger partial charge < -0.3 is 15.0 Å². The van der Waals surface area contributed by atoms with E-state index < -0.39 is 0 Å². The predicted octanol–water partition coefficient (Wildman–Crippen LogP) is 3.05. The molecule has 7 nitrogen and oxygen atoms in total. The number of aromatic nitrogens is 2. The molecule has 2 N–H and O–H groups in total. The topological polar surface area (TPSA) is 87.3 Å². The highest BCUT2D eigenvalue weighted by Crippen LogP contribution is 2.19. The molecule has 0 radical (unpaired) electrons. The van der Waals surface area contributed by atoms with Crippen molar-refractivity contribution in [1.82, 2.24) is 20.4 Å². The van der Waals surface area contributed by atoms with Gasteiger partial charge in [-0.25, -0.2) is 0 Å². The lowest BCUT2D eigenvalue weighted by Gasteiger charge is -2.32. The molecule has 0 atom stereocenters. The van der Waals surface area contributed by atoms with Crippen LogP contribution in [-0.2, 0) is 11.2 Å². The molecule has 1 fully saturated rings. The summed E-state index contributed by atoms with van der Waals surface area (Å²) in [7, 11) is 1.61. The molecule has 0 spiro atoms. The van der Waals surface area contributed by atoms with Crippen molar-refractivity contribution in [2.24, 2.45) is 0 Å². The second-order valence-corrected chi connectivity index (χ2v) is 7.70. The van der Waals surface area contributed by atoms with E-state index in [9.17, 15) is 9.59 Å². The number of carbonyl (C=O) groups is 2. The fraction of sp³-hybridized carbons (Fsp3) is 0.292. The lowest BCUT2D eigenvalue weighted by atomic mass is 10.0. The fourth-order valence-corrected chi connectivity index (χ4v) is 3.83. The number of nitrogens with one attached hydrogen (secondary N) is 2. The Kier molecular flexibility index (Phi) is 6.31. The third kappa shape index (κ3) is 5.12. The normalized spacial score (nSPS) is 14.3. The summed E-state index contributed by atoms with van der Waals surface area (Å²) in [5, 5.41) is 10.2. The Morgan fingerprint density at radius 3 is 2.61 bits per heavy atom. The van der Waals surface area contributed by atoms with Gasteiger partial charge in [0, 0.05) is 24.7 Å². The Labute approximate surface area is 181 Å². The van der Waals surface area contributed by atoms with E-state index in [2.05, 4.69) is 15.5 Å². The highest BCUT2D eigenvalue weighted by atomic mass is 16.5. The summed E-state index contributed by atoms with van der Waals surface area (Å²) in [5.41, 5.74) is 3.12. The highest BCUT2D eigenvalue weighted by Gasteiger charge is 2.25. The van der Waals surface area contributed by atoms with Crippen LogP contribution < -0.4 is 10.1 Å². The monoisotopic (exact) mass is 418 g/mol. The first kappa shape index (κ1) is 20.7. The van der Waals surface area contributed by atoms with Gasteiger partial charge in [0.05, 0.1) is 19.2 Å². The Balaban J connectivity index is 1.28. The number of rotatable bonds is 6. The van der Waals surface area contributed by atoms with Gasteiger partial charge in [-0.3, -0.25) is 14.7 Å². The number of hydrogen-bond donors (Lipinski definition) is 2. The molecular weight excluding hydrogens is 392 g/mol. The molecule has 3 aromatic rings. The number of H-pyrrole nitrogens is 1. The minimum atomic E-state index is -0.0594. The Hall–Kier alpha value is -3.61. The first-order valence-electron chi connectivity index (χ1n) is 10.4. The molecule has 0 aliphatic carbocycles. The minimum absolute atomic E-state index is 0.0147. The van der Waals surface area contributed by atoms with Gasteiger partial charge in [0.15, 0.2) is 0 Å². The largest absolute Gasteiger partial charge is 0.497 e. The molecule has 1 aliphatic heterocycles. The second-order valence-electron chi connectivity index (χ2n) is 7.70. The Morgan fingerprint density at radius 2 is 1.87 bits per heavy atom. The number of piperidine rings is 1. The van der Waals surface area contributed by atoms with Gasteiger partial charge in [-0.15, -0.1) is 0 Å². The van der Waals surface area contributed by atoms with E-state index in [1.54, 1.807) is 13.2 Å². The summed E-state index contributed by atoms with van der Waals surface area (Å²) in [5.74, 6) is 0.668.